The Morgan fingerprint density at radius 3 is 1.80 bits per heavy atom. The van der Waals surface area contributed by atoms with Gasteiger partial charge < -0.3 is 0 Å². The van der Waals surface area contributed by atoms with Crippen molar-refractivity contribution in [2.75, 3.05) is 0 Å². The third-order valence-corrected chi connectivity index (χ3v) is 13.4. The van der Waals surface area contributed by atoms with Gasteiger partial charge in [0, 0.05) is 0 Å². The van der Waals surface area contributed by atoms with Gasteiger partial charge in [-0.3, -0.25) is 0 Å². The molecule has 3 aliphatic rings. The highest BCUT2D eigenvalue weighted by Gasteiger charge is 2.44. The fourth-order valence-corrected chi connectivity index (χ4v) is 12.3. The second-order valence-corrected chi connectivity index (χ2v) is 13.9. The maximum atomic E-state index is 2.90. The molecule has 0 N–H and O–H groups in total. The number of rotatable bonds is 5. The molecule has 3 saturated carbocycles. The van der Waals surface area contributed by atoms with Crippen LogP contribution in [0.25, 0.3) is 0 Å². The highest BCUT2D eigenvalue weighted by Crippen LogP contribution is 2.50. The molecule has 0 spiro atoms. The Morgan fingerprint density at radius 1 is 0.680 bits per heavy atom. The predicted octanol–water partition coefficient (Wildman–Crippen LogP) is 8.14. The van der Waals surface area contributed by atoms with Gasteiger partial charge in [-0.1, -0.05) is 108 Å². The first kappa shape index (κ1) is 19.5. The van der Waals surface area contributed by atoms with Gasteiger partial charge in [-0.05, 0) is 42.7 Å². The van der Waals surface area contributed by atoms with Crippen LogP contribution in [0.5, 0.6) is 0 Å². The molecule has 2 atom stereocenters. The summed E-state index contributed by atoms with van der Waals surface area (Å²) in [5.74, 6) is 1.83. The fourth-order valence-electron chi connectivity index (χ4n) is 6.39. The Hall–Kier alpha value is -0.303. The van der Waals surface area contributed by atoms with E-state index < -0.39 is 8.07 Å². The minimum atomic E-state index is -1.46. The maximum Gasteiger partial charge on any atom is 0.107 e. The third-order valence-electron chi connectivity index (χ3n) is 7.71. The normalized spacial score (nSPS) is 31.1. The van der Waals surface area contributed by atoms with E-state index in [4.69, 9.17) is 0 Å². The zero-order valence-electron chi connectivity index (χ0n) is 17.0. The largest absolute Gasteiger partial charge is 0.107 e. The van der Waals surface area contributed by atoms with Gasteiger partial charge in [-0.2, -0.15) is 0 Å². The molecule has 0 bridgehead atoms. The molecular weight excluding hydrogens is 316 g/mol. The summed E-state index contributed by atoms with van der Waals surface area (Å²) < 4.78 is 0. The molecule has 0 saturated heterocycles. The Bertz CT molecular complexity index is 419. The Morgan fingerprint density at radius 2 is 1.28 bits per heavy atom. The topological polar surface area (TPSA) is 0 Å². The van der Waals surface area contributed by atoms with Crippen LogP contribution in [-0.2, 0) is 0 Å². The van der Waals surface area contributed by atoms with Gasteiger partial charge in [-0.15, -0.1) is 0 Å². The van der Waals surface area contributed by atoms with Crippen LogP contribution in [-0.4, -0.2) is 8.07 Å². The van der Waals surface area contributed by atoms with Crippen molar-refractivity contribution in [2.24, 2.45) is 11.8 Å². The van der Waals surface area contributed by atoms with Gasteiger partial charge in [0.1, 0.15) is 8.07 Å². The first-order chi connectivity index (χ1) is 12.2. The van der Waals surface area contributed by atoms with Crippen molar-refractivity contribution in [1.29, 1.82) is 0 Å². The predicted molar refractivity (Wildman–Crippen MR) is 115 cm³/mol. The molecule has 3 fully saturated rings. The summed E-state index contributed by atoms with van der Waals surface area (Å²) in [6.45, 7) is 4.77. The molecule has 0 aromatic carbocycles. The standard InChI is InChI=1S/C24H42Si/c1-3-18-25(23-13-6-4-7-14-23,24-15-8-5-9-16-24)19-17-22-12-10-11-21(2)20-22/h3,17-19,21-24H,4-16,20H2,1-2H3. The number of allylic oxidation sites excluding steroid dienone is 2. The van der Waals surface area contributed by atoms with E-state index in [1.54, 1.807) is 0 Å². The lowest BCUT2D eigenvalue weighted by molar-refractivity contribution is 0.325. The van der Waals surface area contributed by atoms with Gasteiger partial charge in [0.25, 0.3) is 0 Å². The van der Waals surface area contributed by atoms with Crippen LogP contribution in [0.1, 0.15) is 104 Å². The SMILES string of the molecule is CC=C[Si](C=CC1CCCC(C)C1)(C1CCCCC1)C1CCCCC1. The molecule has 0 aliphatic heterocycles. The molecule has 0 aromatic rings. The molecule has 142 valence electrons. The minimum Gasteiger partial charge on any atom is -0.0951 e. The summed E-state index contributed by atoms with van der Waals surface area (Å²) in [7, 11) is -1.46. The highest BCUT2D eigenvalue weighted by atomic mass is 28.3. The minimum absolute atomic E-state index is 0.882. The zero-order chi connectivity index (χ0) is 17.5. The van der Waals surface area contributed by atoms with E-state index in [0.717, 1.165) is 22.9 Å². The Balaban J connectivity index is 1.85. The third kappa shape index (κ3) is 4.90. The van der Waals surface area contributed by atoms with E-state index in [1.807, 2.05) is 0 Å². The summed E-state index contributed by atoms with van der Waals surface area (Å²) >= 11 is 0. The maximum absolute atomic E-state index is 2.90. The number of hydrogen-bond donors (Lipinski definition) is 0. The Labute approximate surface area is 158 Å². The number of hydrogen-bond acceptors (Lipinski definition) is 0. The Kier molecular flexibility index (Phi) is 7.46. The lowest BCUT2D eigenvalue weighted by Gasteiger charge is -2.44. The van der Waals surface area contributed by atoms with Crippen molar-refractivity contribution >= 4 is 8.07 Å². The fraction of sp³-hybridized carbons (Fsp3) is 0.833. The van der Waals surface area contributed by atoms with Crippen molar-refractivity contribution in [1.82, 2.24) is 0 Å². The molecule has 3 aliphatic carbocycles. The molecule has 2 unspecified atom stereocenters. The second-order valence-electron chi connectivity index (χ2n) is 9.56. The summed E-state index contributed by atoms with van der Waals surface area (Å²) in [4.78, 5) is 0. The molecule has 0 heterocycles. The van der Waals surface area contributed by atoms with E-state index in [0.29, 0.717) is 0 Å². The summed E-state index contributed by atoms with van der Waals surface area (Å²) in [6, 6.07) is 0. The van der Waals surface area contributed by atoms with E-state index in [9.17, 15) is 0 Å². The first-order valence-corrected chi connectivity index (χ1v) is 13.9. The summed E-state index contributed by atoms with van der Waals surface area (Å²) in [6.07, 6.45) is 26.1. The van der Waals surface area contributed by atoms with Crippen molar-refractivity contribution < 1.29 is 0 Å². The van der Waals surface area contributed by atoms with Crippen LogP contribution in [0.4, 0.5) is 0 Å². The molecule has 1 heteroatoms. The van der Waals surface area contributed by atoms with Crippen LogP contribution in [0.15, 0.2) is 23.6 Å². The molecule has 25 heavy (non-hydrogen) atoms. The van der Waals surface area contributed by atoms with E-state index in [2.05, 4.69) is 37.4 Å². The smallest absolute Gasteiger partial charge is 0.0951 e. The van der Waals surface area contributed by atoms with Crippen LogP contribution < -0.4 is 0 Å². The van der Waals surface area contributed by atoms with Gasteiger partial charge in [-0.25, -0.2) is 0 Å². The lowest BCUT2D eigenvalue weighted by atomic mass is 9.83. The first-order valence-electron chi connectivity index (χ1n) is 11.6. The molecule has 0 radical (unpaired) electrons. The second kappa shape index (κ2) is 9.58. The van der Waals surface area contributed by atoms with E-state index in [1.165, 1.54) is 89.9 Å². The zero-order valence-corrected chi connectivity index (χ0v) is 18.0. The van der Waals surface area contributed by atoms with Crippen LogP contribution >= 0.6 is 0 Å². The van der Waals surface area contributed by atoms with Gasteiger partial charge >= 0.3 is 0 Å². The molecule has 0 amide bonds. The quantitative estimate of drug-likeness (QED) is 0.435. The van der Waals surface area contributed by atoms with Crippen LogP contribution in [0.3, 0.4) is 0 Å². The van der Waals surface area contributed by atoms with E-state index in [-0.39, 0.29) is 0 Å². The monoisotopic (exact) mass is 358 g/mol. The van der Waals surface area contributed by atoms with Gasteiger partial charge in [0.15, 0.2) is 0 Å². The molecule has 3 rings (SSSR count). The van der Waals surface area contributed by atoms with Crippen LogP contribution in [0.2, 0.25) is 11.1 Å². The van der Waals surface area contributed by atoms with Gasteiger partial charge in [0.2, 0.25) is 0 Å². The summed E-state index contributed by atoms with van der Waals surface area (Å²) in [5.41, 5.74) is 7.78. The summed E-state index contributed by atoms with van der Waals surface area (Å²) in [5, 5.41) is 0. The molecule has 0 aromatic heterocycles. The van der Waals surface area contributed by atoms with Crippen molar-refractivity contribution in [3.8, 4) is 0 Å². The molecular formula is C24H42Si. The van der Waals surface area contributed by atoms with Gasteiger partial charge in [0.05, 0.1) is 0 Å². The molecule has 0 nitrogen and oxygen atoms in total. The lowest BCUT2D eigenvalue weighted by Crippen LogP contribution is -2.43. The van der Waals surface area contributed by atoms with Crippen LogP contribution in [0, 0.1) is 11.8 Å². The van der Waals surface area contributed by atoms with Crippen molar-refractivity contribution in [3.05, 3.63) is 23.6 Å². The van der Waals surface area contributed by atoms with Crippen molar-refractivity contribution in [3.63, 3.8) is 0 Å². The van der Waals surface area contributed by atoms with E-state index >= 15 is 0 Å². The average Bonchev–Trinajstić information content (AvgIpc) is 2.67. The highest BCUT2D eigenvalue weighted by molar-refractivity contribution is 6.91. The average molecular weight is 359 g/mol. The van der Waals surface area contributed by atoms with Crippen molar-refractivity contribution in [2.45, 2.75) is 115 Å².